The van der Waals surface area contributed by atoms with Crippen molar-refractivity contribution in [1.82, 2.24) is 4.57 Å². The van der Waals surface area contributed by atoms with Crippen molar-refractivity contribution in [3.63, 3.8) is 0 Å². The number of ether oxygens (including phenoxy) is 1. The van der Waals surface area contributed by atoms with Gasteiger partial charge in [0.1, 0.15) is 0 Å². The zero-order valence-electron chi connectivity index (χ0n) is 16.4. The van der Waals surface area contributed by atoms with Crippen LogP contribution in [0.4, 0.5) is 0 Å². The van der Waals surface area contributed by atoms with Crippen LogP contribution in [0.2, 0.25) is 0 Å². The molecule has 0 aliphatic rings. The van der Waals surface area contributed by atoms with Gasteiger partial charge in [0.15, 0.2) is 0 Å². The number of nitrogens with zero attached hydrogens (tertiary/aromatic N) is 1. The van der Waals surface area contributed by atoms with Crippen LogP contribution in [-0.2, 0) is 22.5 Å². The van der Waals surface area contributed by atoms with Crippen LogP contribution >= 0.6 is 0 Å². The SMILES string of the molecule is CCCn1c(C)c(-c2ccccc2)c(-c2ccccc2)c1CCC(=O)OC. The molecule has 0 saturated heterocycles. The summed E-state index contributed by atoms with van der Waals surface area (Å²) in [5, 5.41) is 0. The van der Waals surface area contributed by atoms with Gasteiger partial charge in [-0.15, -0.1) is 0 Å². The maximum atomic E-state index is 11.8. The molecule has 3 rings (SSSR count). The Kier molecular flexibility index (Phi) is 6.12. The van der Waals surface area contributed by atoms with Crippen molar-refractivity contribution in [2.24, 2.45) is 0 Å². The summed E-state index contributed by atoms with van der Waals surface area (Å²) in [6, 6.07) is 21.0. The van der Waals surface area contributed by atoms with E-state index >= 15 is 0 Å². The number of carbonyl (C=O) groups is 1. The fourth-order valence-electron chi connectivity index (χ4n) is 3.78. The van der Waals surface area contributed by atoms with Crippen LogP contribution in [0, 0.1) is 6.92 Å². The summed E-state index contributed by atoms with van der Waals surface area (Å²) in [5.74, 6) is -0.169. The molecule has 0 spiro atoms. The summed E-state index contributed by atoms with van der Waals surface area (Å²) in [5.41, 5.74) is 7.36. The highest BCUT2D eigenvalue weighted by atomic mass is 16.5. The van der Waals surface area contributed by atoms with Crippen LogP contribution in [0.5, 0.6) is 0 Å². The number of aromatic nitrogens is 1. The smallest absolute Gasteiger partial charge is 0.305 e. The number of carbonyl (C=O) groups excluding carboxylic acids is 1. The molecule has 0 fully saturated rings. The maximum absolute atomic E-state index is 11.8. The summed E-state index contributed by atoms with van der Waals surface area (Å²) in [4.78, 5) is 11.8. The summed E-state index contributed by atoms with van der Waals surface area (Å²) in [6.07, 6.45) is 2.10. The molecular formula is C24H27NO2. The van der Waals surface area contributed by atoms with Gasteiger partial charge in [0, 0.05) is 29.1 Å². The van der Waals surface area contributed by atoms with Crippen LogP contribution < -0.4 is 0 Å². The van der Waals surface area contributed by atoms with Gasteiger partial charge >= 0.3 is 5.97 Å². The molecule has 3 nitrogen and oxygen atoms in total. The Labute approximate surface area is 161 Å². The van der Waals surface area contributed by atoms with E-state index in [-0.39, 0.29) is 5.97 Å². The van der Waals surface area contributed by atoms with E-state index in [0.717, 1.165) is 13.0 Å². The number of esters is 1. The molecule has 27 heavy (non-hydrogen) atoms. The lowest BCUT2D eigenvalue weighted by molar-refractivity contribution is -0.140. The van der Waals surface area contributed by atoms with Crippen molar-refractivity contribution < 1.29 is 9.53 Å². The van der Waals surface area contributed by atoms with Gasteiger partial charge < -0.3 is 9.30 Å². The minimum absolute atomic E-state index is 0.169. The second-order valence-electron chi connectivity index (χ2n) is 6.74. The lowest BCUT2D eigenvalue weighted by Crippen LogP contribution is -2.09. The number of rotatable bonds is 7. The molecule has 0 saturated carbocycles. The van der Waals surface area contributed by atoms with Crippen molar-refractivity contribution in [2.75, 3.05) is 7.11 Å². The van der Waals surface area contributed by atoms with Crippen molar-refractivity contribution in [1.29, 1.82) is 0 Å². The highest BCUT2D eigenvalue weighted by Crippen LogP contribution is 2.40. The standard InChI is InChI=1S/C24H27NO2/c1-4-17-25-18(2)23(19-11-7-5-8-12-19)24(20-13-9-6-10-14-20)21(25)15-16-22(26)27-3/h5-14H,4,15-17H2,1-3H3. The molecule has 0 bridgehead atoms. The average molecular weight is 361 g/mol. The first-order chi connectivity index (χ1) is 13.2. The van der Waals surface area contributed by atoms with E-state index in [4.69, 9.17) is 4.74 Å². The second-order valence-corrected chi connectivity index (χ2v) is 6.74. The van der Waals surface area contributed by atoms with E-state index in [1.54, 1.807) is 0 Å². The van der Waals surface area contributed by atoms with Crippen LogP contribution in [-0.4, -0.2) is 17.6 Å². The first-order valence-corrected chi connectivity index (χ1v) is 9.57. The molecular weight excluding hydrogens is 334 g/mol. The third-order valence-corrected chi connectivity index (χ3v) is 5.00. The lowest BCUT2D eigenvalue weighted by atomic mass is 9.94. The zero-order chi connectivity index (χ0) is 19.2. The van der Waals surface area contributed by atoms with E-state index in [0.29, 0.717) is 12.8 Å². The van der Waals surface area contributed by atoms with Crippen LogP contribution in [0.15, 0.2) is 60.7 Å². The Bertz CT molecular complexity index is 895. The molecule has 0 unspecified atom stereocenters. The van der Waals surface area contributed by atoms with Gasteiger partial charge in [-0.05, 0) is 30.9 Å². The molecule has 1 heterocycles. The number of methoxy groups -OCH3 is 1. The lowest BCUT2D eigenvalue weighted by Gasteiger charge is -2.12. The predicted molar refractivity (Wildman–Crippen MR) is 111 cm³/mol. The molecule has 3 heteroatoms. The quantitative estimate of drug-likeness (QED) is 0.510. The largest absolute Gasteiger partial charge is 0.469 e. The van der Waals surface area contributed by atoms with Crippen molar-refractivity contribution in [3.8, 4) is 22.3 Å². The van der Waals surface area contributed by atoms with Crippen molar-refractivity contribution in [3.05, 3.63) is 72.1 Å². The average Bonchev–Trinajstić information content (AvgIpc) is 2.99. The minimum atomic E-state index is -0.169. The van der Waals surface area contributed by atoms with Crippen molar-refractivity contribution in [2.45, 2.75) is 39.7 Å². The molecule has 0 aliphatic heterocycles. The predicted octanol–water partition coefficient (Wildman–Crippen LogP) is 5.65. The molecule has 0 N–H and O–H groups in total. The van der Waals surface area contributed by atoms with E-state index in [1.165, 1.54) is 40.8 Å². The third-order valence-electron chi connectivity index (χ3n) is 5.00. The highest BCUT2D eigenvalue weighted by Gasteiger charge is 2.22. The monoisotopic (exact) mass is 361 g/mol. The van der Waals surface area contributed by atoms with Gasteiger partial charge in [-0.3, -0.25) is 4.79 Å². The Morgan fingerprint density at radius 3 is 2.00 bits per heavy atom. The fourth-order valence-corrected chi connectivity index (χ4v) is 3.78. The highest BCUT2D eigenvalue weighted by molar-refractivity contribution is 5.88. The van der Waals surface area contributed by atoms with Gasteiger partial charge in [-0.1, -0.05) is 67.6 Å². The normalized spacial score (nSPS) is 10.8. The Balaban J connectivity index is 2.24. The molecule has 0 aliphatic carbocycles. The van der Waals surface area contributed by atoms with Gasteiger partial charge in [0.2, 0.25) is 0 Å². The molecule has 3 aromatic rings. The Morgan fingerprint density at radius 2 is 1.48 bits per heavy atom. The van der Waals surface area contributed by atoms with Gasteiger partial charge in [0.25, 0.3) is 0 Å². The Hall–Kier alpha value is -2.81. The van der Waals surface area contributed by atoms with Crippen LogP contribution in [0.25, 0.3) is 22.3 Å². The van der Waals surface area contributed by atoms with Gasteiger partial charge in [0.05, 0.1) is 13.5 Å². The van der Waals surface area contributed by atoms with Gasteiger partial charge in [-0.25, -0.2) is 0 Å². The van der Waals surface area contributed by atoms with Crippen molar-refractivity contribution >= 4 is 5.97 Å². The second kappa shape index (κ2) is 8.72. The van der Waals surface area contributed by atoms with Crippen LogP contribution in [0.3, 0.4) is 0 Å². The number of hydrogen-bond acceptors (Lipinski definition) is 2. The summed E-state index contributed by atoms with van der Waals surface area (Å²) < 4.78 is 7.27. The topological polar surface area (TPSA) is 31.2 Å². The molecule has 140 valence electrons. The molecule has 1 aromatic heterocycles. The van der Waals surface area contributed by atoms with E-state index in [9.17, 15) is 4.79 Å². The maximum Gasteiger partial charge on any atom is 0.305 e. The van der Waals surface area contributed by atoms with Crippen LogP contribution in [0.1, 0.15) is 31.2 Å². The van der Waals surface area contributed by atoms with E-state index < -0.39 is 0 Å². The molecule has 0 radical (unpaired) electrons. The Morgan fingerprint density at radius 1 is 0.926 bits per heavy atom. The minimum Gasteiger partial charge on any atom is -0.469 e. The molecule has 0 amide bonds. The first kappa shape index (κ1) is 19.0. The fraction of sp³-hybridized carbons (Fsp3) is 0.292. The third kappa shape index (κ3) is 3.97. The first-order valence-electron chi connectivity index (χ1n) is 9.57. The van der Waals surface area contributed by atoms with E-state index in [2.05, 4.69) is 66.9 Å². The summed E-state index contributed by atoms with van der Waals surface area (Å²) in [6.45, 7) is 5.31. The summed E-state index contributed by atoms with van der Waals surface area (Å²) in [7, 11) is 1.45. The molecule has 2 aromatic carbocycles. The molecule has 0 atom stereocenters. The zero-order valence-corrected chi connectivity index (χ0v) is 16.4. The summed E-state index contributed by atoms with van der Waals surface area (Å²) >= 11 is 0. The van der Waals surface area contributed by atoms with Gasteiger partial charge in [-0.2, -0.15) is 0 Å². The number of hydrogen-bond donors (Lipinski definition) is 0. The van der Waals surface area contributed by atoms with E-state index in [1.807, 2.05) is 12.1 Å². The number of benzene rings is 2.